The minimum absolute atomic E-state index is 0.00125. The molecule has 8 nitrogen and oxygen atoms in total. The number of ether oxygens (including phenoxy) is 1. The Bertz CT molecular complexity index is 1410. The molecule has 0 fully saturated rings. The number of rotatable bonds is 9. The van der Waals surface area contributed by atoms with Crippen molar-refractivity contribution >= 4 is 33.2 Å². The van der Waals surface area contributed by atoms with E-state index in [1.807, 2.05) is 43.3 Å². The van der Waals surface area contributed by atoms with Crippen LogP contribution >= 0.6 is 0 Å². The number of hydrogen-bond donors (Lipinski definition) is 2. The first kappa shape index (κ1) is 26.4. The molecule has 0 spiro atoms. The molecular formula is C28H31N3O5S. The van der Waals surface area contributed by atoms with Crippen molar-refractivity contribution in [2.75, 3.05) is 23.9 Å². The molecule has 2 N–H and O–H groups in total. The average molecular weight is 522 g/mol. The number of benzene rings is 3. The van der Waals surface area contributed by atoms with E-state index >= 15 is 0 Å². The van der Waals surface area contributed by atoms with Crippen molar-refractivity contribution in [3.8, 4) is 5.75 Å². The fourth-order valence-electron chi connectivity index (χ4n) is 4.43. The molecular weight excluding hydrogens is 490 g/mol. The summed E-state index contributed by atoms with van der Waals surface area (Å²) in [6.45, 7) is 4.21. The first-order chi connectivity index (χ1) is 17.7. The quantitative estimate of drug-likeness (QED) is 0.445. The third kappa shape index (κ3) is 6.00. The van der Waals surface area contributed by atoms with E-state index < -0.39 is 22.0 Å². The first-order valence-electron chi connectivity index (χ1n) is 12.2. The van der Waals surface area contributed by atoms with Gasteiger partial charge in [0.05, 0.1) is 17.7 Å². The first-order valence-corrected chi connectivity index (χ1v) is 13.6. The van der Waals surface area contributed by atoms with Crippen molar-refractivity contribution in [3.05, 3.63) is 83.4 Å². The number of nitrogens with zero attached hydrogens (tertiary/aromatic N) is 1. The number of carbonyl (C=O) groups excluding carboxylic acids is 2. The van der Waals surface area contributed by atoms with Crippen LogP contribution in [0.3, 0.4) is 0 Å². The summed E-state index contributed by atoms with van der Waals surface area (Å²) in [5, 5.41) is 2.83. The standard InChI is InChI=1S/C28H31N3O5S/c1-4-27(32)31-15-14-21-18-22(11-12-25(21)31)37(34,35)30-24(17-20-8-6-5-7-9-20)28(33)29-23-16-19(2)10-13-26(23)36-3/h5-13,16,18,24,30H,4,14-15,17H2,1-3H3,(H,29,33)/t24-/m1/s1. The van der Waals surface area contributed by atoms with Gasteiger partial charge in [-0.2, -0.15) is 4.72 Å². The molecule has 37 heavy (non-hydrogen) atoms. The lowest BCUT2D eigenvalue weighted by molar-refractivity contribution is -0.118. The number of aryl methyl sites for hydroxylation is 1. The number of amides is 2. The van der Waals surface area contributed by atoms with Crippen LogP contribution in [0.1, 0.15) is 30.0 Å². The Morgan fingerprint density at radius 1 is 1.05 bits per heavy atom. The van der Waals surface area contributed by atoms with Crippen LogP contribution < -0.4 is 19.7 Å². The summed E-state index contributed by atoms with van der Waals surface area (Å²) in [6.07, 6.45) is 1.11. The number of carbonyl (C=O) groups is 2. The number of fused-ring (bicyclic) bond motifs is 1. The Morgan fingerprint density at radius 2 is 1.81 bits per heavy atom. The zero-order valence-electron chi connectivity index (χ0n) is 21.2. The normalized spacial score (nSPS) is 13.6. The van der Waals surface area contributed by atoms with Gasteiger partial charge in [-0.1, -0.05) is 43.3 Å². The molecule has 194 valence electrons. The smallest absolute Gasteiger partial charge is 0.243 e. The molecule has 3 aromatic rings. The molecule has 1 aliphatic heterocycles. The SMILES string of the molecule is CCC(=O)N1CCc2cc(S(=O)(=O)N[C@H](Cc3ccccc3)C(=O)Nc3cc(C)ccc3OC)ccc21. The summed E-state index contributed by atoms with van der Waals surface area (Å²) in [6, 6.07) is 18.3. The van der Waals surface area contributed by atoms with Crippen molar-refractivity contribution in [2.45, 2.75) is 44.0 Å². The summed E-state index contributed by atoms with van der Waals surface area (Å²) < 4.78 is 34.9. The van der Waals surface area contributed by atoms with Gasteiger partial charge >= 0.3 is 0 Å². The van der Waals surface area contributed by atoms with E-state index in [9.17, 15) is 18.0 Å². The molecule has 3 aromatic carbocycles. The van der Waals surface area contributed by atoms with Crippen molar-refractivity contribution in [2.24, 2.45) is 0 Å². The molecule has 0 bridgehead atoms. The van der Waals surface area contributed by atoms with Crippen LogP contribution in [0, 0.1) is 6.92 Å². The molecule has 4 rings (SSSR count). The molecule has 0 saturated carbocycles. The van der Waals surface area contributed by atoms with Gasteiger partial charge in [0.1, 0.15) is 11.8 Å². The van der Waals surface area contributed by atoms with Gasteiger partial charge in [0.25, 0.3) is 0 Å². The summed E-state index contributed by atoms with van der Waals surface area (Å²) >= 11 is 0. The minimum atomic E-state index is -4.05. The largest absolute Gasteiger partial charge is 0.495 e. The van der Waals surface area contributed by atoms with Gasteiger partial charge in [0.2, 0.25) is 21.8 Å². The molecule has 0 radical (unpaired) electrons. The highest BCUT2D eigenvalue weighted by atomic mass is 32.2. The second-order valence-electron chi connectivity index (χ2n) is 9.00. The predicted octanol–water partition coefficient (Wildman–Crippen LogP) is 3.83. The molecule has 0 aliphatic carbocycles. The predicted molar refractivity (Wildman–Crippen MR) is 143 cm³/mol. The van der Waals surface area contributed by atoms with Crippen LogP contribution in [0.4, 0.5) is 11.4 Å². The highest BCUT2D eigenvalue weighted by molar-refractivity contribution is 7.89. The van der Waals surface area contributed by atoms with Crippen molar-refractivity contribution < 1.29 is 22.7 Å². The number of hydrogen-bond acceptors (Lipinski definition) is 5. The Balaban J connectivity index is 1.61. The third-order valence-corrected chi connectivity index (χ3v) is 7.84. The Kier molecular flexibility index (Phi) is 7.94. The van der Waals surface area contributed by atoms with Gasteiger partial charge in [0, 0.05) is 18.7 Å². The topological polar surface area (TPSA) is 105 Å². The van der Waals surface area contributed by atoms with Gasteiger partial charge in [-0.05, 0) is 66.8 Å². The molecule has 2 amide bonds. The molecule has 1 aliphatic rings. The fourth-order valence-corrected chi connectivity index (χ4v) is 5.67. The van der Waals surface area contributed by atoms with E-state index in [4.69, 9.17) is 4.74 Å². The monoisotopic (exact) mass is 521 g/mol. The lowest BCUT2D eigenvalue weighted by atomic mass is 10.1. The van der Waals surface area contributed by atoms with Crippen LogP contribution in [0.25, 0.3) is 0 Å². The lowest BCUT2D eigenvalue weighted by Gasteiger charge is -2.20. The van der Waals surface area contributed by atoms with Gasteiger partial charge in [-0.15, -0.1) is 0 Å². The molecule has 1 atom stereocenters. The van der Waals surface area contributed by atoms with Crippen LogP contribution in [0.2, 0.25) is 0 Å². The highest BCUT2D eigenvalue weighted by Gasteiger charge is 2.29. The van der Waals surface area contributed by atoms with Crippen molar-refractivity contribution in [3.63, 3.8) is 0 Å². The van der Waals surface area contributed by atoms with E-state index in [1.54, 1.807) is 36.1 Å². The van der Waals surface area contributed by atoms with E-state index in [0.717, 1.165) is 22.4 Å². The second-order valence-corrected chi connectivity index (χ2v) is 10.7. The zero-order valence-corrected chi connectivity index (χ0v) is 22.0. The van der Waals surface area contributed by atoms with Crippen LogP contribution in [-0.2, 0) is 32.5 Å². The van der Waals surface area contributed by atoms with Crippen LogP contribution in [0.5, 0.6) is 5.75 Å². The third-order valence-electron chi connectivity index (χ3n) is 6.37. The zero-order chi connectivity index (χ0) is 26.6. The maximum atomic E-state index is 13.4. The molecule has 0 unspecified atom stereocenters. The minimum Gasteiger partial charge on any atom is -0.495 e. The Hall–Kier alpha value is -3.69. The summed E-state index contributed by atoms with van der Waals surface area (Å²) in [7, 11) is -2.54. The maximum absolute atomic E-state index is 13.4. The number of sulfonamides is 1. The van der Waals surface area contributed by atoms with E-state index in [1.165, 1.54) is 13.2 Å². The van der Waals surface area contributed by atoms with Gasteiger partial charge < -0.3 is 15.0 Å². The second kappa shape index (κ2) is 11.1. The number of nitrogens with one attached hydrogen (secondary N) is 2. The molecule has 1 heterocycles. The highest BCUT2D eigenvalue weighted by Crippen LogP contribution is 2.31. The number of anilines is 2. The average Bonchev–Trinajstić information content (AvgIpc) is 3.32. The van der Waals surface area contributed by atoms with Crippen molar-refractivity contribution in [1.29, 1.82) is 0 Å². The van der Waals surface area contributed by atoms with Crippen LogP contribution in [0.15, 0.2) is 71.6 Å². The van der Waals surface area contributed by atoms with Crippen molar-refractivity contribution in [1.82, 2.24) is 4.72 Å². The van der Waals surface area contributed by atoms with E-state index in [-0.39, 0.29) is 17.2 Å². The number of methoxy groups -OCH3 is 1. The van der Waals surface area contributed by atoms with Gasteiger partial charge in [-0.3, -0.25) is 9.59 Å². The summed E-state index contributed by atoms with van der Waals surface area (Å²) in [5.41, 5.74) is 3.71. The van der Waals surface area contributed by atoms with E-state index in [0.29, 0.717) is 30.8 Å². The molecule has 9 heteroatoms. The van der Waals surface area contributed by atoms with Crippen LogP contribution in [-0.4, -0.2) is 39.9 Å². The fraction of sp³-hybridized carbons (Fsp3) is 0.286. The Morgan fingerprint density at radius 3 is 2.51 bits per heavy atom. The summed E-state index contributed by atoms with van der Waals surface area (Å²) in [4.78, 5) is 27.3. The molecule has 0 aromatic heterocycles. The molecule has 0 saturated heterocycles. The van der Waals surface area contributed by atoms with E-state index in [2.05, 4.69) is 10.0 Å². The Labute approximate surface area is 217 Å². The maximum Gasteiger partial charge on any atom is 0.243 e. The van der Waals surface area contributed by atoms with Gasteiger partial charge in [0.15, 0.2) is 0 Å². The summed E-state index contributed by atoms with van der Waals surface area (Å²) in [5.74, 6) is -0.0269. The van der Waals surface area contributed by atoms with Gasteiger partial charge in [-0.25, -0.2) is 8.42 Å². The lowest BCUT2D eigenvalue weighted by Crippen LogP contribution is -2.45.